The molecule has 0 aromatic heterocycles. The average Bonchev–Trinajstić information content (AvgIpc) is 1.68. The molecule has 1 amide bonds. The van der Waals surface area contributed by atoms with Gasteiger partial charge in [-0.15, -0.1) is 0 Å². The number of rotatable bonds is 14. The molecule has 1 spiro atoms. The van der Waals surface area contributed by atoms with Crippen LogP contribution in [0.4, 0.5) is 4.79 Å². The number of carbonyl (C=O) groups is 5. The molecule has 6 fully saturated rings. The van der Waals surface area contributed by atoms with Crippen LogP contribution in [0.1, 0.15) is 154 Å². The number of nitro groups is 1. The number of nitrogens with one attached hydrogen (secondary N) is 1. The second kappa shape index (κ2) is 28.2. The van der Waals surface area contributed by atoms with E-state index in [1.807, 2.05) is 39.8 Å². The Morgan fingerprint density at radius 1 is 0.731 bits per heavy atom. The first kappa shape index (κ1) is 70.8. The van der Waals surface area contributed by atoms with Gasteiger partial charge < -0.3 is 82.6 Å². The van der Waals surface area contributed by atoms with Crippen LogP contribution in [0.3, 0.4) is 0 Å². The van der Waals surface area contributed by atoms with Gasteiger partial charge in [-0.1, -0.05) is 57.6 Å². The van der Waals surface area contributed by atoms with E-state index in [9.17, 15) is 49.7 Å². The standard InChI is InChI=1S/C68H98N2O23/c1-31-14-19-49(89-55-29-66(11,70(80)81)61(39(9)86-55)69-65(79)82-13)33(3)24-45-47(74)25-41(30-71)28-68(45)63(77)56(64(78)93-68)62(76)67(12)44(31)17-16-43-57(67)34(4)22-35(5)58(43)92-54-27-51(60(38(8)85-54)87-40(10)72)91-52-21-20-50(36(6)83-52)90-53-26-48(75)59(37(7)84-53)88-42-15-18-46(73)32(2)23-42/h14,16-17,24-25,30,32,34-39,42-55,57-61,73-75,77H,15,18-23,26-29H2,1-13H3,(H,69,79)/b31-14+,33-24+/t32-,34+,35+,36+,37+,38+,39-,42+,43+,44-,45-,46-,47+,48-,49+,50?,51-,52+,53+,54+,55+,57-,58+,59?,60+,61+,66+,67-,68?/m1/s1. The monoisotopic (exact) mass is 1310 g/mol. The van der Waals surface area contributed by atoms with Crippen LogP contribution in [0, 0.1) is 57.0 Å². The van der Waals surface area contributed by atoms with E-state index in [-0.39, 0.29) is 67.6 Å². The molecule has 5 aliphatic carbocycles. The number of nitrogens with zero attached hydrogens (tertiary/aromatic N) is 1. The molecule has 2 bridgehead atoms. The number of alkyl carbamates (subject to hydrolysis) is 1. The number of ketones is 1. The van der Waals surface area contributed by atoms with Gasteiger partial charge in [0.25, 0.3) is 0 Å². The molecule has 0 aromatic rings. The van der Waals surface area contributed by atoms with E-state index >= 15 is 4.79 Å². The fourth-order valence-corrected chi connectivity index (χ4v) is 17.4. The van der Waals surface area contributed by atoms with Crippen LogP contribution in [0.5, 0.6) is 0 Å². The number of amides is 1. The first-order chi connectivity index (χ1) is 43.9. The summed E-state index contributed by atoms with van der Waals surface area (Å²) < 4.78 is 76.1. The van der Waals surface area contributed by atoms with E-state index in [1.165, 1.54) is 19.9 Å². The second-order valence-corrected chi connectivity index (χ2v) is 28.8. The van der Waals surface area contributed by atoms with Crippen molar-refractivity contribution in [3.63, 3.8) is 0 Å². The van der Waals surface area contributed by atoms with Crippen molar-refractivity contribution in [2.75, 3.05) is 7.11 Å². The summed E-state index contributed by atoms with van der Waals surface area (Å²) in [6.45, 7) is 21.3. The summed E-state index contributed by atoms with van der Waals surface area (Å²) in [5.41, 5.74) is -4.88. The Labute approximate surface area is 543 Å². The Balaban J connectivity index is 0.902. The highest BCUT2D eigenvalue weighted by atomic mass is 16.7. The van der Waals surface area contributed by atoms with Gasteiger partial charge in [0, 0.05) is 61.7 Å². The fourth-order valence-electron chi connectivity index (χ4n) is 17.4. The summed E-state index contributed by atoms with van der Waals surface area (Å²) in [4.78, 5) is 81.1. The van der Waals surface area contributed by atoms with E-state index in [1.54, 1.807) is 33.8 Å². The quantitative estimate of drug-likeness (QED) is 0.0222. The van der Waals surface area contributed by atoms with Gasteiger partial charge in [-0.25, -0.2) is 9.59 Å². The highest BCUT2D eigenvalue weighted by Gasteiger charge is 2.65. The fraction of sp³-hybridized carbons (Fsp3) is 0.779. The molecule has 5 N–H and O–H groups in total. The normalized spacial score (nSPS) is 47.4. The SMILES string of the molecule is COC(=O)N[C@H]1[C@@H](C)O[C@@H](O[C@H]2C/C=C(\C)[C@H]3C=C[C@@H]4[C@@H](O[C@H]5C[C@@H](O[C@H]6CCC(O[C@H]7C[C@@H](O)C(O[C@H]8CC[C@@H](O)[C@H](C)C8)[C@H](C)O7)[C@H](C)O6)[C@@H](OC(C)=O)[C@H](C)O5)[C@@H](C)C[C@H](C)[C@H]4[C@]3(C)C(=O)C3=C(O)C4(CC(C=O)=C[C@H](O)[C@H]4/C=C/2C)OC3=O)C[C@]1(C)[N+](=O)[O-]. The Morgan fingerprint density at radius 2 is 1.41 bits per heavy atom. The number of hydrogen-bond donors (Lipinski definition) is 5. The van der Waals surface area contributed by atoms with Gasteiger partial charge in [0.1, 0.15) is 30.1 Å². The summed E-state index contributed by atoms with van der Waals surface area (Å²) in [6.07, 6.45) is -1.46. The van der Waals surface area contributed by atoms with Gasteiger partial charge in [0.15, 0.2) is 48.4 Å². The molecule has 2 saturated carbocycles. The maximum atomic E-state index is 16.2. The number of methoxy groups -OCH3 is 1. The number of carbonyl (C=O) groups excluding carboxylic acids is 5. The number of hydrogen-bond acceptors (Lipinski definition) is 23. The van der Waals surface area contributed by atoms with Crippen molar-refractivity contribution in [2.45, 2.75) is 282 Å². The van der Waals surface area contributed by atoms with Gasteiger partial charge >= 0.3 is 18.0 Å². The van der Waals surface area contributed by atoms with Crippen molar-refractivity contribution in [3.05, 3.63) is 68.5 Å². The molecule has 93 heavy (non-hydrogen) atoms. The topological polar surface area (TPSA) is 332 Å². The van der Waals surface area contributed by atoms with Crippen molar-refractivity contribution in [2.24, 2.45) is 46.8 Å². The summed E-state index contributed by atoms with van der Waals surface area (Å²) in [6, 6.07) is -1.12. The van der Waals surface area contributed by atoms with Gasteiger partial charge in [-0.2, -0.15) is 0 Å². The first-order valence-corrected chi connectivity index (χ1v) is 33.4. The van der Waals surface area contributed by atoms with Crippen molar-refractivity contribution in [3.8, 4) is 0 Å². The Morgan fingerprint density at radius 3 is 2.06 bits per heavy atom. The van der Waals surface area contributed by atoms with Crippen molar-refractivity contribution in [1.82, 2.24) is 5.32 Å². The Kier molecular flexibility index (Phi) is 21.5. The molecule has 29 atom stereocenters. The lowest BCUT2D eigenvalue weighted by atomic mass is 9.48. The molecular weight excluding hydrogens is 1210 g/mol. The lowest BCUT2D eigenvalue weighted by molar-refractivity contribution is -0.584. The third-order valence-corrected chi connectivity index (χ3v) is 22.2. The van der Waals surface area contributed by atoms with Crippen LogP contribution in [0.15, 0.2) is 58.4 Å². The number of esters is 2. The summed E-state index contributed by atoms with van der Waals surface area (Å²) in [5.74, 6) is -6.40. The molecule has 10 aliphatic rings. The largest absolute Gasteiger partial charge is 0.507 e. The van der Waals surface area contributed by atoms with Gasteiger partial charge in [-0.05, 0) is 121 Å². The molecule has 4 saturated heterocycles. The Hall–Kier alpha value is -5.03. The number of aliphatic hydroxyl groups excluding tert-OH is 4. The number of ether oxygens (including phenoxy) is 12. The minimum atomic E-state index is -2.13. The zero-order chi connectivity index (χ0) is 67.5. The van der Waals surface area contributed by atoms with Gasteiger partial charge in [0.05, 0.1) is 86.6 Å². The lowest BCUT2D eigenvalue weighted by Crippen LogP contribution is -2.65. The molecule has 25 nitrogen and oxygen atoms in total. The predicted molar refractivity (Wildman–Crippen MR) is 328 cm³/mol. The Bertz CT molecular complexity index is 2950. The highest BCUT2D eigenvalue weighted by molar-refractivity contribution is 6.21. The predicted octanol–water partition coefficient (Wildman–Crippen LogP) is 7.02. The summed E-state index contributed by atoms with van der Waals surface area (Å²) in [7, 11) is 1.15. The van der Waals surface area contributed by atoms with Crippen LogP contribution < -0.4 is 5.32 Å². The van der Waals surface area contributed by atoms with E-state index in [4.69, 9.17) is 56.8 Å². The molecule has 5 aliphatic heterocycles. The van der Waals surface area contributed by atoms with E-state index < -0.39 is 185 Å². The van der Waals surface area contributed by atoms with Gasteiger partial charge in [-0.3, -0.25) is 24.5 Å². The average molecular weight is 1310 g/mol. The smallest absolute Gasteiger partial charge is 0.407 e. The van der Waals surface area contributed by atoms with Crippen LogP contribution in [-0.2, 0) is 76.0 Å². The number of aliphatic hydroxyl groups is 4. The molecule has 518 valence electrons. The maximum absolute atomic E-state index is 16.2. The van der Waals surface area contributed by atoms with Crippen molar-refractivity contribution in [1.29, 1.82) is 0 Å². The maximum Gasteiger partial charge on any atom is 0.407 e. The molecule has 0 aromatic carbocycles. The third kappa shape index (κ3) is 14.0. The number of Topliss-reactive ketones (excluding diaryl/α,β-unsaturated/α-hetero) is 1. The van der Waals surface area contributed by atoms with Crippen molar-refractivity contribution < 1.29 is 106 Å². The first-order valence-electron chi connectivity index (χ1n) is 33.4. The molecule has 0 radical (unpaired) electrons. The van der Waals surface area contributed by atoms with E-state index in [0.717, 1.165) is 7.11 Å². The van der Waals surface area contributed by atoms with E-state index in [2.05, 4.69) is 25.2 Å². The third-order valence-electron chi connectivity index (χ3n) is 22.2. The molecule has 5 heterocycles. The molecule has 10 rings (SSSR count). The van der Waals surface area contributed by atoms with Crippen molar-refractivity contribution >= 4 is 30.1 Å². The van der Waals surface area contributed by atoms with Crippen LogP contribution >= 0.6 is 0 Å². The highest BCUT2D eigenvalue weighted by Crippen LogP contribution is 2.60. The second-order valence-electron chi connectivity index (χ2n) is 28.8. The number of allylic oxidation sites excluding steroid dienone is 2. The minimum Gasteiger partial charge on any atom is -0.507 e. The molecular formula is C68H98N2O23. The zero-order valence-electron chi connectivity index (χ0n) is 55.7. The van der Waals surface area contributed by atoms with Crippen LogP contribution in [0.2, 0.25) is 0 Å². The lowest BCUT2D eigenvalue weighted by Gasteiger charge is -2.56. The zero-order valence-corrected chi connectivity index (χ0v) is 55.7. The molecule has 3 unspecified atom stereocenters. The van der Waals surface area contributed by atoms with E-state index in [0.29, 0.717) is 56.0 Å². The number of fused-ring (bicyclic) bond motifs is 3. The van der Waals surface area contributed by atoms with Crippen LogP contribution in [-0.4, -0.2) is 190 Å². The van der Waals surface area contributed by atoms with Gasteiger partial charge in [0.2, 0.25) is 5.54 Å². The molecule has 25 heteroatoms. The number of aldehydes is 1. The van der Waals surface area contributed by atoms with Crippen LogP contribution in [0.25, 0.3) is 0 Å². The summed E-state index contributed by atoms with van der Waals surface area (Å²) >= 11 is 0. The summed E-state index contributed by atoms with van der Waals surface area (Å²) in [5, 5.41) is 61.7. The minimum absolute atomic E-state index is 0.0204.